The highest BCUT2D eigenvalue weighted by molar-refractivity contribution is 5.80. The van der Waals surface area contributed by atoms with Gasteiger partial charge in [0.15, 0.2) is 0 Å². The lowest BCUT2D eigenvalue weighted by Crippen LogP contribution is -2.47. The third kappa shape index (κ3) is 4.32. The van der Waals surface area contributed by atoms with Crippen LogP contribution < -0.4 is 4.90 Å². The monoisotopic (exact) mass is 361 g/mol. The molecule has 0 saturated carbocycles. The summed E-state index contributed by atoms with van der Waals surface area (Å²) in [5, 5.41) is 0. The second-order valence-corrected chi connectivity index (χ2v) is 7.52. The van der Waals surface area contributed by atoms with Gasteiger partial charge >= 0.3 is 0 Å². The van der Waals surface area contributed by atoms with Crippen molar-refractivity contribution in [2.75, 3.05) is 58.4 Å². The van der Waals surface area contributed by atoms with Crippen molar-refractivity contribution >= 4 is 11.7 Å². The Kier molecular flexibility index (Phi) is 6.09. The molecule has 2 aliphatic heterocycles. The van der Waals surface area contributed by atoms with E-state index >= 15 is 0 Å². The first kappa shape index (κ1) is 19.0. The molecule has 0 radical (unpaired) electrons. The second-order valence-electron chi connectivity index (χ2n) is 7.52. The minimum Gasteiger partial charge on any atom is -0.378 e. The van der Waals surface area contributed by atoms with Crippen molar-refractivity contribution in [2.24, 2.45) is 0 Å². The number of hydrogen-bond acceptors (Lipinski definition) is 6. The predicted molar refractivity (Wildman–Crippen MR) is 102 cm³/mol. The number of amides is 1. The van der Waals surface area contributed by atoms with Gasteiger partial charge in [-0.05, 0) is 39.8 Å². The van der Waals surface area contributed by atoms with E-state index in [4.69, 9.17) is 9.72 Å². The molecule has 2 saturated heterocycles. The van der Waals surface area contributed by atoms with Gasteiger partial charge in [0.2, 0.25) is 5.91 Å². The Labute approximate surface area is 156 Å². The average Bonchev–Trinajstić information content (AvgIpc) is 2.67. The first-order valence-corrected chi connectivity index (χ1v) is 9.59. The molecule has 3 rings (SSSR count). The van der Waals surface area contributed by atoms with E-state index in [1.807, 2.05) is 27.9 Å². The molecule has 0 spiro atoms. The van der Waals surface area contributed by atoms with Crippen LogP contribution in [0.2, 0.25) is 0 Å². The molecule has 3 heterocycles. The highest BCUT2D eigenvalue weighted by Crippen LogP contribution is 2.29. The average molecular weight is 361 g/mol. The molecule has 2 fully saturated rings. The lowest BCUT2D eigenvalue weighted by Gasteiger charge is -2.36. The third-order valence-corrected chi connectivity index (χ3v) is 5.47. The summed E-state index contributed by atoms with van der Waals surface area (Å²) < 4.78 is 5.45. The zero-order valence-electron chi connectivity index (χ0n) is 16.4. The SMILES string of the molecule is Cc1nc(C2CCN([C@H](C)C(=O)N(C)C)CC2)cc(N2CCOCC2)n1. The summed E-state index contributed by atoms with van der Waals surface area (Å²) in [6.45, 7) is 9.14. The molecule has 2 aliphatic rings. The third-order valence-electron chi connectivity index (χ3n) is 5.47. The molecule has 7 nitrogen and oxygen atoms in total. The number of rotatable bonds is 4. The number of morpholine rings is 1. The van der Waals surface area contributed by atoms with Crippen LogP contribution >= 0.6 is 0 Å². The van der Waals surface area contributed by atoms with Gasteiger partial charge in [0.05, 0.1) is 19.3 Å². The Morgan fingerprint density at radius 1 is 1.19 bits per heavy atom. The van der Waals surface area contributed by atoms with Crippen molar-refractivity contribution in [1.29, 1.82) is 0 Å². The molecule has 1 aromatic rings. The Morgan fingerprint density at radius 2 is 1.85 bits per heavy atom. The number of hydrogen-bond donors (Lipinski definition) is 0. The van der Waals surface area contributed by atoms with Gasteiger partial charge in [-0.1, -0.05) is 0 Å². The summed E-state index contributed by atoms with van der Waals surface area (Å²) in [6, 6.07) is 2.11. The first-order valence-electron chi connectivity index (χ1n) is 9.59. The van der Waals surface area contributed by atoms with Crippen molar-refractivity contribution in [3.8, 4) is 0 Å². The normalized spacial score (nSPS) is 20.8. The van der Waals surface area contributed by atoms with E-state index in [0.717, 1.165) is 69.6 Å². The topological polar surface area (TPSA) is 61.8 Å². The maximum atomic E-state index is 12.2. The lowest BCUT2D eigenvalue weighted by atomic mass is 9.92. The van der Waals surface area contributed by atoms with E-state index in [1.54, 1.807) is 4.90 Å². The van der Waals surface area contributed by atoms with E-state index in [0.29, 0.717) is 5.92 Å². The van der Waals surface area contributed by atoms with E-state index in [2.05, 4.69) is 20.9 Å². The Balaban J connectivity index is 1.65. The number of likely N-dealkylation sites (N-methyl/N-ethyl adjacent to an activating group) is 1. The van der Waals surface area contributed by atoms with Crippen molar-refractivity contribution in [3.63, 3.8) is 0 Å². The molecule has 1 aromatic heterocycles. The van der Waals surface area contributed by atoms with Gasteiger partial charge in [-0.15, -0.1) is 0 Å². The Morgan fingerprint density at radius 3 is 2.46 bits per heavy atom. The van der Waals surface area contributed by atoms with Crippen molar-refractivity contribution in [3.05, 3.63) is 17.6 Å². The number of aryl methyl sites for hydroxylation is 1. The van der Waals surface area contributed by atoms with Crippen LogP contribution in [0.4, 0.5) is 5.82 Å². The number of anilines is 1. The molecule has 26 heavy (non-hydrogen) atoms. The molecule has 0 bridgehead atoms. The quantitative estimate of drug-likeness (QED) is 0.805. The van der Waals surface area contributed by atoms with Crippen LogP contribution in [0.5, 0.6) is 0 Å². The first-order chi connectivity index (χ1) is 12.5. The molecule has 1 amide bonds. The highest BCUT2D eigenvalue weighted by Gasteiger charge is 2.29. The van der Waals surface area contributed by atoms with Crippen LogP contribution in [0, 0.1) is 6.92 Å². The van der Waals surface area contributed by atoms with Crippen LogP contribution in [-0.2, 0) is 9.53 Å². The summed E-state index contributed by atoms with van der Waals surface area (Å²) in [4.78, 5) is 27.8. The molecule has 0 N–H and O–H groups in total. The maximum absolute atomic E-state index is 12.2. The van der Waals surface area contributed by atoms with Crippen LogP contribution in [-0.4, -0.2) is 85.2 Å². The van der Waals surface area contributed by atoms with E-state index in [-0.39, 0.29) is 11.9 Å². The number of nitrogens with zero attached hydrogens (tertiary/aromatic N) is 5. The van der Waals surface area contributed by atoms with Crippen molar-refractivity contribution < 1.29 is 9.53 Å². The van der Waals surface area contributed by atoms with Gasteiger partial charge in [-0.2, -0.15) is 0 Å². The molecule has 0 aromatic carbocycles. The number of carbonyl (C=O) groups excluding carboxylic acids is 1. The molecule has 0 unspecified atom stereocenters. The smallest absolute Gasteiger partial charge is 0.239 e. The fourth-order valence-corrected chi connectivity index (χ4v) is 3.85. The van der Waals surface area contributed by atoms with Crippen LogP contribution in [0.25, 0.3) is 0 Å². The summed E-state index contributed by atoms with van der Waals surface area (Å²) >= 11 is 0. The highest BCUT2D eigenvalue weighted by atomic mass is 16.5. The second kappa shape index (κ2) is 8.31. The summed E-state index contributed by atoms with van der Waals surface area (Å²) in [5.74, 6) is 2.47. The van der Waals surface area contributed by atoms with E-state index < -0.39 is 0 Å². The van der Waals surface area contributed by atoms with Gasteiger partial charge in [-0.3, -0.25) is 9.69 Å². The number of carbonyl (C=O) groups is 1. The van der Waals surface area contributed by atoms with Crippen molar-refractivity contribution in [1.82, 2.24) is 19.8 Å². The number of piperidine rings is 1. The van der Waals surface area contributed by atoms with Gasteiger partial charge in [0.25, 0.3) is 0 Å². The number of likely N-dealkylation sites (tertiary alicyclic amines) is 1. The zero-order valence-corrected chi connectivity index (χ0v) is 16.4. The summed E-state index contributed by atoms with van der Waals surface area (Å²) in [6.07, 6.45) is 2.06. The minimum atomic E-state index is -0.0537. The number of ether oxygens (including phenoxy) is 1. The Bertz CT molecular complexity index is 622. The summed E-state index contributed by atoms with van der Waals surface area (Å²) in [5.41, 5.74) is 1.14. The number of aromatic nitrogens is 2. The minimum absolute atomic E-state index is 0.0537. The standard InChI is InChI=1S/C19H31N5O2/c1-14(19(25)22(3)4)23-7-5-16(6-8-23)17-13-18(21-15(2)20-17)24-9-11-26-12-10-24/h13-14,16H,5-12H2,1-4H3/t14-/m1/s1. The molecule has 1 atom stereocenters. The van der Waals surface area contributed by atoms with E-state index in [9.17, 15) is 4.79 Å². The molecule has 0 aliphatic carbocycles. The van der Waals surface area contributed by atoms with Crippen molar-refractivity contribution in [2.45, 2.75) is 38.6 Å². The fourth-order valence-electron chi connectivity index (χ4n) is 3.85. The van der Waals surface area contributed by atoms with E-state index in [1.165, 1.54) is 0 Å². The predicted octanol–water partition coefficient (Wildman–Crippen LogP) is 1.28. The zero-order chi connectivity index (χ0) is 18.7. The van der Waals surface area contributed by atoms with Crippen LogP contribution in [0.1, 0.15) is 37.2 Å². The maximum Gasteiger partial charge on any atom is 0.239 e. The van der Waals surface area contributed by atoms with Gasteiger partial charge in [0.1, 0.15) is 11.6 Å². The van der Waals surface area contributed by atoms with Crippen LogP contribution in [0.3, 0.4) is 0 Å². The fraction of sp³-hybridized carbons (Fsp3) is 0.737. The van der Waals surface area contributed by atoms with Gasteiger partial charge in [-0.25, -0.2) is 9.97 Å². The van der Waals surface area contributed by atoms with Crippen LogP contribution in [0.15, 0.2) is 6.07 Å². The van der Waals surface area contributed by atoms with Gasteiger partial charge in [0, 0.05) is 44.9 Å². The molecule has 7 heteroatoms. The van der Waals surface area contributed by atoms with Gasteiger partial charge < -0.3 is 14.5 Å². The molecular formula is C19H31N5O2. The molecular weight excluding hydrogens is 330 g/mol. The lowest BCUT2D eigenvalue weighted by molar-refractivity contribution is -0.134. The molecule has 144 valence electrons. The Hall–Kier alpha value is -1.73. The summed E-state index contributed by atoms with van der Waals surface area (Å²) in [7, 11) is 3.64. The largest absolute Gasteiger partial charge is 0.378 e.